The van der Waals surface area contributed by atoms with Gasteiger partial charge in [0.05, 0.1) is 16.6 Å². The number of fused-ring (bicyclic) bond motifs is 1. The van der Waals surface area contributed by atoms with Crippen LogP contribution >= 0.6 is 0 Å². The molecule has 1 atom stereocenters. The van der Waals surface area contributed by atoms with Crippen molar-refractivity contribution in [2.24, 2.45) is 0 Å². The molecule has 0 bridgehead atoms. The van der Waals surface area contributed by atoms with Gasteiger partial charge < -0.3 is 14.4 Å². The van der Waals surface area contributed by atoms with Crippen molar-refractivity contribution in [2.75, 3.05) is 0 Å². The zero-order chi connectivity index (χ0) is 19.8. The molecular weight excluding hydrogens is 358 g/mol. The van der Waals surface area contributed by atoms with Crippen molar-refractivity contribution < 1.29 is 13.8 Å². The van der Waals surface area contributed by atoms with Gasteiger partial charge in [-0.1, -0.05) is 34.1 Å². The van der Waals surface area contributed by atoms with E-state index in [0.717, 1.165) is 11.1 Å². The molecule has 28 heavy (non-hydrogen) atoms. The number of aryl methyl sites for hydroxylation is 3. The van der Waals surface area contributed by atoms with Crippen molar-refractivity contribution in [1.29, 1.82) is 0 Å². The number of rotatable bonds is 4. The molecule has 142 valence electrons. The first-order valence-corrected chi connectivity index (χ1v) is 8.87. The molecule has 0 radical (unpaired) electrons. The van der Waals surface area contributed by atoms with Gasteiger partial charge >= 0.3 is 0 Å². The zero-order valence-corrected chi connectivity index (χ0v) is 16.0. The Bertz CT molecular complexity index is 1180. The quantitative estimate of drug-likeness (QED) is 0.578. The summed E-state index contributed by atoms with van der Waals surface area (Å²) in [4.78, 5) is 21.6. The number of nitrogens with one attached hydrogen (secondary N) is 1. The molecular formula is C20H19N5O3. The van der Waals surface area contributed by atoms with Crippen molar-refractivity contribution in [1.82, 2.24) is 25.6 Å². The van der Waals surface area contributed by atoms with E-state index in [9.17, 15) is 4.79 Å². The third-order valence-corrected chi connectivity index (χ3v) is 4.43. The number of pyridine rings is 1. The second-order valence-electron chi connectivity index (χ2n) is 6.78. The molecule has 1 aromatic carbocycles. The Kier molecular flexibility index (Phi) is 4.38. The lowest BCUT2D eigenvalue weighted by Crippen LogP contribution is -2.27. The van der Waals surface area contributed by atoms with Gasteiger partial charge in [-0.15, -0.1) is 0 Å². The summed E-state index contributed by atoms with van der Waals surface area (Å²) in [5.74, 6) is 0.523. The average Bonchev–Trinajstić information content (AvgIpc) is 3.28. The van der Waals surface area contributed by atoms with E-state index in [1.807, 2.05) is 31.2 Å². The van der Waals surface area contributed by atoms with Crippen LogP contribution in [-0.2, 0) is 0 Å². The monoisotopic (exact) mass is 377 g/mol. The Labute approximate surface area is 160 Å². The van der Waals surface area contributed by atoms with Crippen LogP contribution in [0.1, 0.15) is 46.2 Å². The van der Waals surface area contributed by atoms with Crippen LogP contribution in [0.25, 0.3) is 22.5 Å². The first kappa shape index (κ1) is 17.8. The molecule has 0 aliphatic heterocycles. The maximum absolute atomic E-state index is 12.9. The maximum Gasteiger partial charge on any atom is 0.258 e. The van der Waals surface area contributed by atoms with Gasteiger partial charge in [0.25, 0.3) is 11.6 Å². The second-order valence-corrected chi connectivity index (χ2v) is 6.78. The van der Waals surface area contributed by atoms with Gasteiger partial charge in [-0.3, -0.25) is 4.79 Å². The number of aromatic nitrogens is 4. The molecule has 1 N–H and O–H groups in total. The lowest BCUT2D eigenvalue weighted by atomic mass is 10.1. The SMILES string of the molecule is Cc1cccc(-c2noc(C(C)NC(=O)c3cc(C)nc4onc(C)c34)n2)c1. The Balaban J connectivity index is 1.58. The molecule has 0 fully saturated rings. The predicted molar refractivity (Wildman–Crippen MR) is 102 cm³/mol. The predicted octanol–water partition coefficient (Wildman–Crippen LogP) is 3.69. The number of carbonyl (C=O) groups is 1. The minimum atomic E-state index is -0.470. The fourth-order valence-electron chi connectivity index (χ4n) is 3.05. The van der Waals surface area contributed by atoms with Crippen LogP contribution < -0.4 is 5.32 Å². The van der Waals surface area contributed by atoms with Crippen LogP contribution in [0, 0.1) is 20.8 Å². The van der Waals surface area contributed by atoms with Gasteiger partial charge in [-0.05, 0) is 39.8 Å². The molecule has 0 aliphatic carbocycles. The minimum absolute atomic E-state index is 0.287. The smallest absolute Gasteiger partial charge is 0.258 e. The largest absolute Gasteiger partial charge is 0.340 e. The van der Waals surface area contributed by atoms with E-state index < -0.39 is 6.04 Å². The Morgan fingerprint density at radius 2 is 1.89 bits per heavy atom. The van der Waals surface area contributed by atoms with E-state index >= 15 is 0 Å². The number of benzene rings is 1. The van der Waals surface area contributed by atoms with Crippen molar-refractivity contribution in [3.8, 4) is 11.4 Å². The first-order chi connectivity index (χ1) is 13.4. The highest BCUT2D eigenvalue weighted by atomic mass is 16.5. The van der Waals surface area contributed by atoms with Gasteiger partial charge in [0, 0.05) is 11.3 Å². The average molecular weight is 377 g/mol. The highest BCUT2D eigenvalue weighted by Gasteiger charge is 2.22. The van der Waals surface area contributed by atoms with Crippen molar-refractivity contribution in [3.63, 3.8) is 0 Å². The van der Waals surface area contributed by atoms with Crippen LogP contribution in [0.15, 0.2) is 39.4 Å². The lowest BCUT2D eigenvalue weighted by molar-refractivity contribution is 0.0934. The van der Waals surface area contributed by atoms with E-state index in [2.05, 4.69) is 25.6 Å². The zero-order valence-electron chi connectivity index (χ0n) is 16.0. The van der Waals surface area contributed by atoms with E-state index in [1.165, 1.54) is 0 Å². The van der Waals surface area contributed by atoms with Gasteiger partial charge in [0.1, 0.15) is 6.04 Å². The number of hydrogen-bond acceptors (Lipinski definition) is 7. The van der Waals surface area contributed by atoms with Crippen molar-refractivity contribution in [2.45, 2.75) is 33.7 Å². The fraction of sp³-hybridized carbons (Fsp3) is 0.250. The molecule has 3 heterocycles. The minimum Gasteiger partial charge on any atom is -0.340 e. The molecule has 3 aromatic heterocycles. The Hall–Kier alpha value is -3.55. The third kappa shape index (κ3) is 3.24. The first-order valence-electron chi connectivity index (χ1n) is 8.87. The molecule has 4 aromatic rings. The Morgan fingerprint density at radius 1 is 1.07 bits per heavy atom. The van der Waals surface area contributed by atoms with Crippen LogP contribution in [0.2, 0.25) is 0 Å². The molecule has 1 amide bonds. The standard InChI is InChI=1S/C20H19N5O3/c1-10-6-5-7-14(8-10)17-23-19(27-25-17)13(4)22-18(26)15-9-11(2)21-20-16(15)12(3)24-28-20/h5-9,13H,1-4H3,(H,22,26). The van der Waals surface area contributed by atoms with Crippen molar-refractivity contribution in [3.05, 3.63) is 58.7 Å². The normalized spacial score (nSPS) is 12.3. The Morgan fingerprint density at radius 3 is 2.68 bits per heavy atom. The topological polar surface area (TPSA) is 107 Å². The number of carbonyl (C=O) groups excluding carboxylic acids is 1. The van der Waals surface area contributed by atoms with E-state index in [-0.39, 0.29) is 5.91 Å². The second kappa shape index (κ2) is 6.88. The molecule has 0 saturated carbocycles. The summed E-state index contributed by atoms with van der Waals surface area (Å²) in [6.45, 7) is 7.35. The molecule has 4 rings (SSSR count). The van der Waals surface area contributed by atoms with Crippen LogP contribution in [-0.4, -0.2) is 26.2 Å². The summed E-state index contributed by atoms with van der Waals surface area (Å²) >= 11 is 0. The van der Waals surface area contributed by atoms with Crippen LogP contribution in [0.4, 0.5) is 0 Å². The highest BCUT2D eigenvalue weighted by Crippen LogP contribution is 2.23. The summed E-state index contributed by atoms with van der Waals surface area (Å²) in [7, 11) is 0. The molecule has 8 heteroatoms. The maximum atomic E-state index is 12.9. The summed E-state index contributed by atoms with van der Waals surface area (Å²) in [6, 6.07) is 9.06. The van der Waals surface area contributed by atoms with Gasteiger partial charge in [0.2, 0.25) is 11.7 Å². The molecule has 0 spiro atoms. The molecule has 0 saturated heterocycles. The van der Waals surface area contributed by atoms with Crippen LogP contribution in [0.5, 0.6) is 0 Å². The molecule has 1 unspecified atom stereocenters. The number of amides is 1. The van der Waals surface area contributed by atoms with Gasteiger partial charge in [0.15, 0.2) is 0 Å². The molecule has 8 nitrogen and oxygen atoms in total. The third-order valence-electron chi connectivity index (χ3n) is 4.43. The van der Waals surface area contributed by atoms with Gasteiger partial charge in [-0.2, -0.15) is 4.98 Å². The summed E-state index contributed by atoms with van der Waals surface area (Å²) in [5.41, 5.74) is 4.04. The lowest BCUT2D eigenvalue weighted by Gasteiger charge is -2.10. The van der Waals surface area contributed by atoms with Crippen molar-refractivity contribution >= 4 is 17.0 Å². The fourth-order valence-corrected chi connectivity index (χ4v) is 3.05. The summed E-state index contributed by atoms with van der Waals surface area (Å²) in [6.07, 6.45) is 0. The number of nitrogens with zero attached hydrogens (tertiary/aromatic N) is 4. The summed E-state index contributed by atoms with van der Waals surface area (Å²) in [5, 5.41) is 11.4. The highest BCUT2D eigenvalue weighted by molar-refractivity contribution is 6.06. The van der Waals surface area contributed by atoms with E-state index in [4.69, 9.17) is 9.05 Å². The van der Waals surface area contributed by atoms with E-state index in [1.54, 1.807) is 26.8 Å². The van der Waals surface area contributed by atoms with E-state index in [0.29, 0.717) is 39.8 Å². The van der Waals surface area contributed by atoms with Gasteiger partial charge in [-0.25, -0.2) is 4.98 Å². The van der Waals surface area contributed by atoms with Crippen LogP contribution in [0.3, 0.4) is 0 Å². The summed E-state index contributed by atoms with van der Waals surface area (Å²) < 4.78 is 10.5. The number of hydrogen-bond donors (Lipinski definition) is 1. The molecule has 0 aliphatic rings.